The Morgan fingerprint density at radius 1 is 1.21 bits per heavy atom. The Bertz CT molecular complexity index is 694. The summed E-state index contributed by atoms with van der Waals surface area (Å²) in [7, 11) is 1.67. The number of amides is 2. The maximum Gasteiger partial charge on any atom is 0.573 e. The number of nitrogens with zero attached hydrogens (tertiary/aromatic N) is 1. The molecule has 1 saturated carbocycles. The van der Waals surface area contributed by atoms with Crippen molar-refractivity contribution in [1.82, 2.24) is 10.2 Å². The van der Waals surface area contributed by atoms with Crippen molar-refractivity contribution in [3.63, 3.8) is 0 Å². The van der Waals surface area contributed by atoms with Gasteiger partial charge >= 0.3 is 6.36 Å². The second-order valence-corrected chi connectivity index (χ2v) is 7.59. The van der Waals surface area contributed by atoms with Gasteiger partial charge in [0.05, 0.1) is 12.6 Å². The molecule has 6 nitrogen and oxygen atoms in total. The number of nitrogens with one attached hydrogen (secondary N) is 2. The van der Waals surface area contributed by atoms with E-state index in [9.17, 15) is 22.8 Å². The standard InChI is InChI=1S/C20H28F3N3O3/c1-13-6-4-5-7-17(13)25-19(28)14(2)26(3)12-18(27)24-15-8-10-16(11-9-15)29-20(21,22)23/h8-11,13-14,17H,4-7,12H2,1-3H3,(H,24,27)(H,25,28)/t13-,14-,17+/m1/s1. The molecule has 1 aliphatic rings. The van der Waals surface area contributed by atoms with Gasteiger partial charge in [-0.05, 0) is 57.0 Å². The fourth-order valence-corrected chi connectivity index (χ4v) is 3.34. The molecule has 0 saturated heterocycles. The quantitative estimate of drug-likeness (QED) is 0.715. The number of ether oxygens (including phenoxy) is 1. The van der Waals surface area contributed by atoms with E-state index in [2.05, 4.69) is 22.3 Å². The summed E-state index contributed by atoms with van der Waals surface area (Å²) in [4.78, 5) is 26.3. The minimum absolute atomic E-state index is 0.0321. The van der Waals surface area contributed by atoms with E-state index in [4.69, 9.17) is 0 Å². The Balaban J connectivity index is 1.82. The van der Waals surface area contributed by atoms with Gasteiger partial charge < -0.3 is 15.4 Å². The number of hydrogen-bond acceptors (Lipinski definition) is 4. The van der Waals surface area contributed by atoms with Gasteiger partial charge in [-0.15, -0.1) is 13.2 Å². The van der Waals surface area contributed by atoms with Gasteiger partial charge in [-0.25, -0.2) is 0 Å². The second-order valence-electron chi connectivity index (χ2n) is 7.59. The van der Waals surface area contributed by atoms with E-state index in [1.807, 2.05) is 0 Å². The first-order valence-corrected chi connectivity index (χ1v) is 9.71. The Hall–Kier alpha value is -2.29. The molecule has 1 fully saturated rings. The van der Waals surface area contributed by atoms with Crippen LogP contribution in [0, 0.1) is 5.92 Å². The molecule has 0 aliphatic heterocycles. The average molecular weight is 415 g/mol. The highest BCUT2D eigenvalue weighted by molar-refractivity contribution is 5.92. The zero-order valence-corrected chi connectivity index (χ0v) is 16.9. The number of likely N-dealkylation sites (N-methyl/N-ethyl adjacent to an activating group) is 1. The van der Waals surface area contributed by atoms with Crippen LogP contribution in [0.25, 0.3) is 0 Å². The highest BCUT2D eigenvalue weighted by atomic mass is 19.4. The average Bonchev–Trinajstić information content (AvgIpc) is 2.63. The lowest BCUT2D eigenvalue weighted by molar-refractivity contribution is -0.274. The van der Waals surface area contributed by atoms with Crippen LogP contribution >= 0.6 is 0 Å². The zero-order chi connectivity index (χ0) is 21.6. The van der Waals surface area contributed by atoms with Crippen LogP contribution < -0.4 is 15.4 Å². The van der Waals surface area contributed by atoms with Crippen LogP contribution in [0.4, 0.5) is 18.9 Å². The van der Waals surface area contributed by atoms with E-state index < -0.39 is 12.4 Å². The highest BCUT2D eigenvalue weighted by Crippen LogP contribution is 2.25. The summed E-state index contributed by atoms with van der Waals surface area (Å²) in [6.07, 6.45) is -0.400. The van der Waals surface area contributed by atoms with Crippen molar-refractivity contribution in [2.24, 2.45) is 5.92 Å². The molecule has 0 bridgehead atoms. The molecule has 1 aliphatic carbocycles. The van der Waals surface area contributed by atoms with Crippen molar-refractivity contribution in [2.75, 3.05) is 18.9 Å². The van der Waals surface area contributed by atoms with Gasteiger partial charge in [0.2, 0.25) is 11.8 Å². The van der Waals surface area contributed by atoms with Gasteiger partial charge in [0, 0.05) is 11.7 Å². The minimum Gasteiger partial charge on any atom is -0.406 e. The second kappa shape index (κ2) is 9.96. The third kappa shape index (κ3) is 7.56. The number of rotatable bonds is 7. The van der Waals surface area contributed by atoms with Crippen molar-refractivity contribution in [3.05, 3.63) is 24.3 Å². The molecule has 2 N–H and O–H groups in total. The lowest BCUT2D eigenvalue weighted by atomic mass is 9.86. The predicted molar refractivity (Wildman–Crippen MR) is 103 cm³/mol. The van der Waals surface area contributed by atoms with Crippen LogP contribution in [-0.4, -0.2) is 48.8 Å². The number of anilines is 1. The van der Waals surface area contributed by atoms with Crippen LogP contribution in [-0.2, 0) is 9.59 Å². The van der Waals surface area contributed by atoms with Crippen LogP contribution in [0.2, 0.25) is 0 Å². The summed E-state index contributed by atoms with van der Waals surface area (Å²) < 4.78 is 40.3. The van der Waals surface area contributed by atoms with Crippen LogP contribution in [0.1, 0.15) is 39.5 Å². The zero-order valence-electron chi connectivity index (χ0n) is 16.9. The summed E-state index contributed by atoms with van der Waals surface area (Å²) in [6.45, 7) is 3.84. The van der Waals surface area contributed by atoms with Gasteiger partial charge in [0.1, 0.15) is 5.75 Å². The maximum absolute atomic E-state index is 12.5. The molecule has 162 valence electrons. The normalized spacial score (nSPS) is 20.8. The predicted octanol–water partition coefficient (Wildman–Crippen LogP) is 3.54. The molecule has 9 heteroatoms. The number of hydrogen-bond donors (Lipinski definition) is 2. The first-order valence-electron chi connectivity index (χ1n) is 9.71. The van der Waals surface area contributed by atoms with Gasteiger partial charge in [0.25, 0.3) is 0 Å². The highest BCUT2D eigenvalue weighted by Gasteiger charge is 2.31. The molecule has 0 radical (unpaired) electrons. The number of carbonyl (C=O) groups is 2. The summed E-state index contributed by atoms with van der Waals surface area (Å²) in [6, 6.07) is 4.55. The first kappa shape index (κ1) is 23.0. The first-order chi connectivity index (χ1) is 13.5. The van der Waals surface area contributed by atoms with Crippen molar-refractivity contribution < 1.29 is 27.5 Å². The van der Waals surface area contributed by atoms with E-state index in [1.54, 1.807) is 18.9 Å². The number of halogens is 3. The summed E-state index contributed by atoms with van der Waals surface area (Å²) >= 11 is 0. The van der Waals surface area contributed by atoms with Crippen molar-refractivity contribution in [1.29, 1.82) is 0 Å². The van der Waals surface area contributed by atoms with E-state index in [1.165, 1.54) is 18.6 Å². The summed E-state index contributed by atoms with van der Waals surface area (Å²) in [5.41, 5.74) is 0.339. The van der Waals surface area contributed by atoms with E-state index in [0.29, 0.717) is 11.6 Å². The smallest absolute Gasteiger partial charge is 0.406 e. The Labute approximate surface area is 168 Å². The molecule has 2 rings (SSSR count). The molecular weight excluding hydrogens is 387 g/mol. The Kier molecular flexibility index (Phi) is 7.89. The van der Waals surface area contributed by atoms with Crippen LogP contribution in [0.5, 0.6) is 5.75 Å². The van der Waals surface area contributed by atoms with E-state index >= 15 is 0 Å². The minimum atomic E-state index is -4.76. The van der Waals surface area contributed by atoms with Crippen LogP contribution in [0.3, 0.4) is 0 Å². The van der Waals surface area contributed by atoms with Crippen molar-refractivity contribution in [3.8, 4) is 5.75 Å². The lowest BCUT2D eigenvalue weighted by Gasteiger charge is -2.32. The number of benzene rings is 1. The largest absolute Gasteiger partial charge is 0.573 e. The fourth-order valence-electron chi connectivity index (χ4n) is 3.34. The van der Waals surface area contributed by atoms with Gasteiger partial charge in [-0.3, -0.25) is 14.5 Å². The molecule has 1 aromatic carbocycles. The molecule has 29 heavy (non-hydrogen) atoms. The Morgan fingerprint density at radius 2 is 1.83 bits per heavy atom. The molecule has 3 atom stereocenters. The number of alkyl halides is 3. The number of carbonyl (C=O) groups excluding carboxylic acids is 2. The molecule has 1 aromatic rings. The molecule has 0 spiro atoms. The topological polar surface area (TPSA) is 70.7 Å². The molecule has 0 unspecified atom stereocenters. The Morgan fingerprint density at radius 3 is 2.41 bits per heavy atom. The van der Waals surface area contributed by atoms with Crippen molar-refractivity contribution >= 4 is 17.5 Å². The van der Waals surface area contributed by atoms with Gasteiger partial charge in [-0.1, -0.05) is 19.8 Å². The summed E-state index contributed by atoms with van der Waals surface area (Å²) in [5.74, 6) is -0.414. The molecule has 0 heterocycles. The van der Waals surface area contributed by atoms with E-state index in [-0.39, 0.29) is 30.2 Å². The molecular formula is C20H28F3N3O3. The van der Waals surface area contributed by atoms with Crippen LogP contribution in [0.15, 0.2) is 24.3 Å². The third-order valence-electron chi connectivity index (χ3n) is 5.24. The molecule has 0 aromatic heterocycles. The molecule has 2 amide bonds. The van der Waals surface area contributed by atoms with Gasteiger partial charge in [-0.2, -0.15) is 0 Å². The maximum atomic E-state index is 12.5. The lowest BCUT2D eigenvalue weighted by Crippen LogP contribution is -2.50. The van der Waals surface area contributed by atoms with E-state index in [0.717, 1.165) is 31.4 Å². The summed E-state index contributed by atoms with van der Waals surface area (Å²) in [5, 5.41) is 5.67. The monoisotopic (exact) mass is 415 g/mol. The van der Waals surface area contributed by atoms with Gasteiger partial charge in [0.15, 0.2) is 0 Å². The van der Waals surface area contributed by atoms with Crippen molar-refractivity contribution in [2.45, 2.75) is 58.0 Å². The fraction of sp³-hybridized carbons (Fsp3) is 0.600. The SMILES string of the molecule is C[C@@H]1CCCC[C@@H]1NC(=O)[C@@H](C)N(C)CC(=O)Nc1ccc(OC(F)(F)F)cc1. The third-order valence-corrected chi connectivity index (χ3v) is 5.24.